The van der Waals surface area contributed by atoms with Crippen LogP contribution in [0, 0.1) is 0 Å². The summed E-state index contributed by atoms with van der Waals surface area (Å²) in [4.78, 5) is 6.95. The van der Waals surface area contributed by atoms with Crippen molar-refractivity contribution in [3.05, 3.63) is 48.0 Å². The van der Waals surface area contributed by atoms with Gasteiger partial charge < -0.3 is 29.5 Å². The van der Waals surface area contributed by atoms with Crippen LogP contribution < -0.4 is 14.8 Å². The molecule has 2 N–H and O–H groups in total. The Balaban J connectivity index is 1.50. The van der Waals surface area contributed by atoms with Crippen molar-refractivity contribution in [3.63, 3.8) is 0 Å². The Morgan fingerprint density at radius 2 is 2.03 bits per heavy atom. The zero-order valence-corrected chi connectivity index (χ0v) is 19.7. The maximum atomic E-state index is 9.50. The summed E-state index contributed by atoms with van der Waals surface area (Å²) in [5, 5.41) is 13.0. The summed E-state index contributed by atoms with van der Waals surface area (Å²) in [5.41, 5.74) is 3.00. The number of ether oxygens (including phenoxy) is 3. The van der Waals surface area contributed by atoms with Crippen LogP contribution in [0.5, 0.6) is 11.5 Å². The topological polar surface area (TPSA) is 81.0 Å². The minimum Gasteiger partial charge on any atom is -0.493 e. The second kappa shape index (κ2) is 10.9. The van der Waals surface area contributed by atoms with Crippen LogP contribution in [0.3, 0.4) is 0 Å². The van der Waals surface area contributed by atoms with Crippen molar-refractivity contribution >= 4 is 17.0 Å². The average molecular weight is 455 g/mol. The molecule has 1 saturated heterocycles. The molecule has 2 heterocycles. The van der Waals surface area contributed by atoms with Gasteiger partial charge in [-0.05, 0) is 63.2 Å². The van der Waals surface area contributed by atoms with Gasteiger partial charge in [-0.2, -0.15) is 0 Å². The van der Waals surface area contributed by atoms with Gasteiger partial charge in [-0.1, -0.05) is 18.2 Å². The number of imidazole rings is 1. The van der Waals surface area contributed by atoms with Crippen LogP contribution in [-0.4, -0.2) is 66.6 Å². The molecule has 0 amide bonds. The monoisotopic (exact) mass is 454 g/mol. The maximum absolute atomic E-state index is 9.50. The van der Waals surface area contributed by atoms with Crippen LogP contribution in [0.2, 0.25) is 0 Å². The number of aromatic nitrogens is 2. The quantitative estimate of drug-likeness (QED) is 0.428. The molecule has 8 nitrogen and oxygen atoms in total. The Kier molecular flexibility index (Phi) is 7.69. The average Bonchev–Trinajstić information content (AvgIpc) is 3.44. The lowest BCUT2D eigenvalue weighted by Gasteiger charge is -2.18. The van der Waals surface area contributed by atoms with E-state index in [-0.39, 0.29) is 18.9 Å². The van der Waals surface area contributed by atoms with Gasteiger partial charge in [-0.25, -0.2) is 4.98 Å². The minimum atomic E-state index is -0.150. The fraction of sp³-hybridized carbons (Fsp3) is 0.480. The number of rotatable bonds is 11. The first-order valence-electron chi connectivity index (χ1n) is 11.5. The van der Waals surface area contributed by atoms with Gasteiger partial charge in [0.15, 0.2) is 11.5 Å². The number of para-hydroxylation sites is 2. The van der Waals surface area contributed by atoms with Crippen LogP contribution in [0.25, 0.3) is 11.0 Å². The Bertz CT molecular complexity index is 1050. The summed E-state index contributed by atoms with van der Waals surface area (Å²) >= 11 is 0. The number of methoxy groups -OCH3 is 1. The highest BCUT2D eigenvalue weighted by Crippen LogP contribution is 2.34. The second-order valence-electron chi connectivity index (χ2n) is 8.61. The SMILES string of the molecule is COc1ccc(CNc2nc3ccccc3n2[C@H]2CC[C@@H](CO)O2)cc1OCCCN(C)C. The second-order valence-corrected chi connectivity index (χ2v) is 8.61. The number of aliphatic hydroxyl groups excluding tert-OH is 1. The van der Waals surface area contributed by atoms with Crippen LogP contribution in [0.4, 0.5) is 5.95 Å². The van der Waals surface area contributed by atoms with Crippen molar-refractivity contribution in [3.8, 4) is 11.5 Å². The van der Waals surface area contributed by atoms with E-state index in [1.54, 1.807) is 7.11 Å². The van der Waals surface area contributed by atoms with Gasteiger partial charge in [0.25, 0.3) is 0 Å². The molecule has 1 fully saturated rings. The number of aliphatic hydroxyl groups is 1. The van der Waals surface area contributed by atoms with Crippen LogP contribution in [0.1, 0.15) is 31.1 Å². The molecule has 0 unspecified atom stereocenters. The fourth-order valence-corrected chi connectivity index (χ4v) is 4.16. The van der Waals surface area contributed by atoms with E-state index in [1.165, 1.54) is 0 Å². The molecule has 0 spiro atoms. The molecule has 33 heavy (non-hydrogen) atoms. The number of hydrogen-bond donors (Lipinski definition) is 2. The van der Waals surface area contributed by atoms with Crippen molar-refractivity contribution in [1.29, 1.82) is 0 Å². The molecule has 2 atom stereocenters. The molecule has 0 aliphatic carbocycles. The van der Waals surface area contributed by atoms with Gasteiger partial charge in [0.1, 0.15) is 6.23 Å². The molecule has 1 aliphatic heterocycles. The first kappa shape index (κ1) is 23.4. The van der Waals surface area contributed by atoms with E-state index in [4.69, 9.17) is 19.2 Å². The largest absolute Gasteiger partial charge is 0.493 e. The van der Waals surface area contributed by atoms with Gasteiger partial charge in [0, 0.05) is 13.1 Å². The number of nitrogens with one attached hydrogen (secondary N) is 1. The van der Waals surface area contributed by atoms with Crippen LogP contribution in [-0.2, 0) is 11.3 Å². The predicted molar refractivity (Wildman–Crippen MR) is 129 cm³/mol. The van der Waals surface area contributed by atoms with E-state index in [2.05, 4.69) is 34.9 Å². The number of hydrogen-bond acceptors (Lipinski definition) is 7. The first-order chi connectivity index (χ1) is 16.1. The number of nitrogens with zero attached hydrogens (tertiary/aromatic N) is 3. The number of anilines is 1. The lowest BCUT2D eigenvalue weighted by Crippen LogP contribution is -2.16. The van der Waals surface area contributed by atoms with E-state index in [9.17, 15) is 5.11 Å². The van der Waals surface area contributed by atoms with Crippen molar-refractivity contribution in [1.82, 2.24) is 14.5 Å². The van der Waals surface area contributed by atoms with Crippen molar-refractivity contribution in [2.75, 3.05) is 46.3 Å². The lowest BCUT2D eigenvalue weighted by molar-refractivity contribution is -0.0195. The van der Waals surface area contributed by atoms with Crippen LogP contribution in [0.15, 0.2) is 42.5 Å². The molecule has 2 aromatic carbocycles. The van der Waals surface area contributed by atoms with Crippen molar-refractivity contribution < 1.29 is 19.3 Å². The summed E-state index contributed by atoms with van der Waals surface area (Å²) in [6.07, 6.45) is 2.34. The first-order valence-corrected chi connectivity index (χ1v) is 11.5. The Labute approximate surface area is 195 Å². The maximum Gasteiger partial charge on any atom is 0.206 e. The van der Waals surface area contributed by atoms with E-state index in [0.717, 1.165) is 59.9 Å². The lowest BCUT2D eigenvalue weighted by atomic mass is 10.2. The van der Waals surface area contributed by atoms with Gasteiger partial charge >= 0.3 is 0 Å². The van der Waals surface area contributed by atoms with E-state index >= 15 is 0 Å². The molecule has 0 bridgehead atoms. The van der Waals surface area contributed by atoms with Crippen molar-refractivity contribution in [2.24, 2.45) is 0 Å². The summed E-state index contributed by atoms with van der Waals surface area (Å²) in [5.74, 6) is 2.23. The van der Waals surface area contributed by atoms with Crippen LogP contribution >= 0.6 is 0 Å². The van der Waals surface area contributed by atoms with Gasteiger partial charge in [0.2, 0.25) is 5.95 Å². The van der Waals surface area contributed by atoms with Gasteiger partial charge in [-0.3, -0.25) is 4.57 Å². The highest BCUT2D eigenvalue weighted by atomic mass is 16.5. The smallest absolute Gasteiger partial charge is 0.206 e. The Morgan fingerprint density at radius 1 is 1.18 bits per heavy atom. The van der Waals surface area contributed by atoms with Gasteiger partial charge in [-0.15, -0.1) is 0 Å². The Hall–Kier alpha value is -2.81. The summed E-state index contributed by atoms with van der Waals surface area (Å²) in [6.45, 7) is 2.22. The van der Waals surface area contributed by atoms with E-state index < -0.39 is 0 Å². The van der Waals surface area contributed by atoms with E-state index in [1.807, 2.05) is 36.4 Å². The summed E-state index contributed by atoms with van der Waals surface area (Å²) < 4.78 is 19.7. The molecule has 3 aromatic rings. The predicted octanol–water partition coefficient (Wildman–Crippen LogP) is 3.66. The standard InChI is InChI=1S/C25H34N4O4/c1-28(2)13-6-14-32-23-15-18(9-11-22(23)31-3)16-26-25-27-20-7-4-5-8-21(20)29(25)24-12-10-19(17-30)33-24/h4-5,7-9,11,15,19,24,30H,6,10,12-14,16-17H2,1-3H3,(H,26,27)/t19-,24+/m0/s1. The highest BCUT2D eigenvalue weighted by molar-refractivity contribution is 5.78. The molecule has 4 rings (SSSR count). The third-order valence-electron chi connectivity index (χ3n) is 5.86. The summed E-state index contributed by atoms with van der Waals surface area (Å²) in [6, 6.07) is 14.0. The molecule has 0 radical (unpaired) electrons. The van der Waals surface area contributed by atoms with Crippen molar-refractivity contribution in [2.45, 2.75) is 38.1 Å². The Morgan fingerprint density at radius 3 is 2.79 bits per heavy atom. The van der Waals surface area contributed by atoms with E-state index in [0.29, 0.717) is 13.2 Å². The molecule has 1 aliphatic rings. The third-order valence-corrected chi connectivity index (χ3v) is 5.86. The fourth-order valence-electron chi connectivity index (χ4n) is 4.16. The minimum absolute atomic E-state index is 0.0368. The molecule has 0 saturated carbocycles. The summed E-state index contributed by atoms with van der Waals surface area (Å²) in [7, 11) is 5.77. The molecule has 178 valence electrons. The number of benzene rings is 2. The van der Waals surface area contributed by atoms with Gasteiger partial charge in [0.05, 0.1) is 37.5 Å². The number of fused-ring (bicyclic) bond motifs is 1. The molecular weight excluding hydrogens is 420 g/mol. The molecule has 1 aromatic heterocycles. The normalized spacial score (nSPS) is 18.2. The third kappa shape index (κ3) is 5.58. The molecule has 8 heteroatoms. The zero-order valence-electron chi connectivity index (χ0n) is 19.7. The molecular formula is C25H34N4O4. The zero-order chi connectivity index (χ0) is 23.2. The highest BCUT2D eigenvalue weighted by Gasteiger charge is 2.29.